The zero-order valence-corrected chi connectivity index (χ0v) is 22.8. The fourth-order valence-electron chi connectivity index (χ4n) is 3.02. The number of carboxylic acids is 1. The third kappa shape index (κ3) is 6.61. The number of carbonyl (C=O) groups is 1. The van der Waals surface area contributed by atoms with Crippen molar-refractivity contribution in [3.05, 3.63) is 0 Å². The largest absolute Gasteiger partial charge is 0.550 e. The van der Waals surface area contributed by atoms with Crippen LogP contribution in [0.1, 0.15) is 12.8 Å². The number of nitrogens with one attached hydrogen (secondary N) is 1. The SMILES string of the molecule is C[N+](C)(CCCNS(=O)(=O)C(F)(F)C(F)(F)C(F)(F)C(F)(F)C(F)(F)C(F)(F)C(F)(F)C(F)(F)C(F)(F)C(F)(F)F)CCC(=O)[O-]. The third-order valence-electron chi connectivity index (χ3n) is 5.97. The van der Waals surface area contributed by atoms with Crippen molar-refractivity contribution in [3.8, 4) is 0 Å². The summed E-state index contributed by atoms with van der Waals surface area (Å²) in [7, 11) is -5.19. The predicted octanol–water partition coefficient (Wildman–Crippen LogP) is 4.75. The van der Waals surface area contributed by atoms with Crippen molar-refractivity contribution in [1.29, 1.82) is 0 Å². The van der Waals surface area contributed by atoms with Gasteiger partial charge in [-0.1, -0.05) is 0 Å². The maximum Gasteiger partial charge on any atom is 0.460 e. The van der Waals surface area contributed by atoms with Gasteiger partial charge in [0, 0.05) is 25.4 Å². The molecule has 0 aromatic heterocycles. The van der Waals surface area contributed by atoms with E-state index in [1.165, 1.54) is 14.1 Å². The Balaban J connectivity index is 6.67. The van der Waals surface area contributed by atoms with E-state index in [0.29, 0.717) is 4.72 Å². The zero-order valence-electron chi connectivity index (χ0n) is 22.0. The van der Waals surface area contributed by atoms with Crippen LogP contribution >= 0.6 is 0 Å². The number of sulfonamides is 1. The molecule has 1 N–H and O–H groups in total. The molecular formula is C18H17F21N2O4S. The lowest BCUT2D eigenvalue weighted by Gasteiger charge is -2.44. The van der Waals surface area contributed by atoms with Gasteiger partial charge in [0.15, 0.2) is 0 Å². The van der Waals surface area contributed by atoms with Crippen LogP contribution in [0.5, 0.6) is 0 Å². The second-order valence-electron chi connectivity index (χ2n) is 9.87. The summed E-state index contributed by atoms with van der Waals surface area (Å²) >= 11 is 0. The van der Waals surface area contributed by atoms with Gasteiger partial charge < -0.3 is 14.4 Å². The Kier molecular flexibility index (Phi) is 11.5. The van der Waals surface area contributed by atoms with E-state index < -0.39 is 105 Å². The molecule has 0 saturated heterocycles. The first-order valence-electron chi connectivity index (χ1n) is 11.1. The highest BCUT2D eigenvalue weighted by molar-refractivity contribution is 7.90. The fourth-order valence-corrected chi connectivity index (χ4v) is 4.08. The Hall–Kier alpha value is -2.13. The van der Waals surface area contributed by atoms with Gasteiger partial charge in [0.2, 0.25) is 0 Å². The number of rotatable bonds is 17. The van der Waals surface area contributed by atoms with E-state index in [1.54, 1.807) is 0 Å². The highest BCUT2D eigenvalue weighted by Gasteiger charge is 2.98. The van der Waals surface area contributed by atoms with Gasteiger partial charge in [-0.05, 0) is 0 Å². The molecule has 0 rings (SSSR count). The molecule has 0 aromatic carbocycles. The first kappa shape index (κ1) is 43.9. The molecule has 0 radical (unpaired) electrons. The number of hydrogen-bond acceptors (Lipinski definition) is 4. The molecule has 0 spiro atoms. The van der Waals surface area contributed by atoms with Gasteiger partial charge >= 0.3 is 58.8 Å². The number of halogens is 21. The summed E-state index contributed by atoms with van der Waals surface area (Å²) in [6, 6.07) is 0. The van der Waals surface area contributed by atoms with Crippen LogP contribution < -0.4 is 9.83 Å². The van der Waals surface area contributed by atoms with E-state index >= 15 is 0 Å². The fraction of sp³-hybridized carbons (Fsp3) is 0.944. The van der Waals surface area contributed by atoms with Gasteiger partial charge in [-0.25, -0.2) is 13.1 Å². The number of quaternary nitrogens is 1. The van der Waals surface area contributed by atoms with Crippen molar-refractivity contribution < 1.29 is 115 Å². The van der Waals surface area contributed by atoms with E-state index in [4.69, 9.17) is 0 Å². The number of carboxylic acid groups (broad SMARTS) is 1. The molecule has 0 fully saturated rings. The molecule has 0 aliphatic heterocycles. The standard InChI is InChI=1S/C18H17F21N2O4S/c1-41(2,7-4-8(42)43)6-3-5-40-46(44,45)18(38,39)16(33,34)14(29,30)12(25,26)10(21,22)9(19,20)11(23,24)13(27,28)15(31,32)17(35,36)37/h40H,3-7H2,1-2H3. The first-order chi connectivity index (χ1) is 19.6. The Bertz CT molecular complexity index is 1210. The number of nitrogens with zero attached hydrogens (tertiary/aromatic N) is 1. The minimum Gasteiger partial charge on any atom is -0.550 e. The van der Waals surface area contributed by atoms with Crippen molar-refractivity contribution in [3.63, 3.8) is 0 Å². The number of aliphatic carboxylic acids is 1. The molecule has 276 valence electrons. The Morgan fingerprint density at radius 1 is 0.565 bits per heavy atom. The van der Waals surface area contributed by atoms with Crippen LogP contribution in [0.25, 0.3) is 0 Å². The second kappa shape index (κ2) is 12.1. The van der Waals surface area contributed by atoms with Crippen LogP contribution in [0.4, 0.5) is 92.2 Å². The van der Waals surface area contributed by atoms with Gasteiger partial charge in [0.1, 0.15) is 0 Å². The summed E-state index contributed by atoms with van der Waals surface area (Å²) in [6.45, 7) is -2.35. The van der Waals surface area contributed by atoms with Gasteiger partial charge in [0.05, 0.1) is 27.2 Å². The van der Waals surface area contributed by atoms with Crippen molar-refractivity contribution in [1.82, 2.24) is 4.72 Å². The van der Waals surface area contributed by atoms with Crippen LogP contribution in [-0.4, -0.2) is 111 Å². The normalized spacial score (nSPS) is 16.2. The van der Waals surface area contributed by atoms with Crippen LogP contribution in [0.15, 0.2) is 0 Å². The van der Waals surface area contributed by atoms with Crippen molar-refractivity contribution in [2.45, 2.75) is 71.7 Å². The third-order valence-corrected chi connectivity index (χ3v) is 7.49. The maximum absolute atomic E-state index is 14.1. The topological polar surface area (TPSA) is 86.3 Å². The molecule has 28 heteroatoms. The lowest BCUT2D eigenvalue weighted by molar-refractivity contribution is -0.890. The lowest BCUT2D eigenvalue weighted by Crippen LogP contribution is -2.77. The average molecular weight is 756 g/mol. The molecule has 0 amide bonds. The molecule has 0 aliphatic carbocycles. The summed E-state index contributed by atoms with van der Waals surface area (Å²) in [5, 5.41) is 2.60. The second-order valence-corrected chi connectivity index (χ2v) is 11.7. The molecule has 0 aliphatic rings. The molecule has 0 unspecified atom stereocenters. The predicted molar refractivity (Wildman–Crippen MR) is 104 cm³/mol. The highest BCUT2D eigenvalue weighted by Crippen LogP contribution is 2.66. The molecule has 0 atom stereocenters. The van der Waals surface area contributed by atoms with Gasteiger partial charge in [-0.3, -0.25) is 0 Å². The Morgan fingerprint density at radius 3 is 1.17 bits per heavy atom. The Morgan fingerprint density at radius 2 is 0.870 bits per heavy atom. The van der Waals surface area contributed by atoms with E-state index in [9.17, 15) is 111 Å². The van der Waals surface area contributed by atoms with Crippen molar-refractivity contribution in [2.75, 3.05) is 33.7 Å². The molecule has 46 heavy (non-hydrogen) atoms. The summed E-state index contributed by atoms with van der Waals surface area (Å²) in [5.41, 5.74) is 0. The van der Waals surface area contributed by atoms with Crippen LogP contribution in [0, 0.1) is 0 Å². The van der Waals surface area contributed by atoms with Crippen LogP contribution in [0.3, 0.4) is 0 Å². The molecule has 0 aromatic rings. The van der Waals surface area contributed by atoms with Crippen molar-refractivity contribution in [2.24, 2.45) is 0 Å². The van der Waals surface area contributed by atoms with Crippen LogP contribution in [0.2, 0.25) is 0 Å². The summed E-state index contributed by atoms with van der Waals surface area (Å²) in [5.74, 6) is -74.2. The quantitative estimate of drug-likeness (QED) is 0.132. The smallest absolute Gasteiger partial charge is 0.460 e. The average Bonchev–Trinajstić information content (AvgIpc) is 2.83. The van der Waals surface area contributed by atoms with Gasteiger partial charge in [-0.15, -0.1) is 0 Å². The van der Waals surface area contributed by atoms with E-state index in [-0.39, 0.29) is 6.54 Å². The van der Waals surface area contributed by atoms with Crippen molar-refractivity contribution >= 4 is 16.0 Å². The number of hydrogen-bond donors (Lipinski definition) is 1. The summed E-state index contributed by atoms with van der Waals surface area (Å²) < 4.78 is 305. The Labute approximate surface area is 242 Å². The van der Waals surface area contributed by atoms with E-state index in [0.717, 1.165) is 0 Å². The maximum atomic E-state index is 14.1. The summed E-state index contributed by atoms with van der Waals surface area (Å²) in [4.78, 5) is 10.4. The van der Waals surface area contributed by atoms with Gasteiger partial charge in [-0.2, -0.15) is 92.2 Å². The monoisotopic (exact) mass is 756 g/mol. The van der Waals surface area contributed by atoms with Crippen LogP contribution in [-0.2, 0) is 14.8 Å². The zero-order chi connectivity index (χ0) is 37.8. The lowest BCUT2D eigenvalue weighted by atomic mass is 9.87. The molecule has 0 bridgehead atoms. The van der Waals surface area contributed by atoms with Gasteiger partial charge in [0.25, 0.3) is 10.0 Å². The molecule has 0 heterocycles. The number of carbonyl (C=O) groups excluding carboxylic acids is 1. The highest BCUT2D eigenvalue weighted by atomic mass is 32.2. The van der Waals surface area contributed by atoms with E-state index in [1.807, 2.05) is 0 Å². The molecule has 6 nitrogen and oxygen atoms in total. The minimum absolute atomic E-state index is 0.331. The summed E-state index contributed by atoms with van der Waals surface area (Å²) in [6.07, 6.45) is -9.59. The first-order valence-corrected chi connectivity index (χ1v) is 12.6. The molecule has 0 saturated carbocycles. The minimum atomic E-state index is -9.39. The number of alkyl halides is 21. The van der Waals surface area contributed by atoms with E-state index in [2.05, 4.69) is 0 Å². The molecular weight excluding hydrogens is 739 g/mol.